The van der Waals surface area contributed by atoms with Crippen LogP contribution >= 0.6 is 0 Å². The Morgan fingerprint density at radius 3 is 1.36 bits per heavy atom. The predicted molar refractivity (Wildman–Crippen MR) is 313 cm³/mol. The van der Waals surface area contributed by atoms with E-state index in [1.165, 1.54) is 148 Å². The van der Waals surface area contributed by atoms with Crippen molar-refractivity contribution in [3.05, 3.63) is 159 Å². The molecule has 3 aliphatic carbocycles. The Kier molecular flexibility index (Phi) is 9.66. The van der Waals surface area contributed by atoms with Crippen molar-refractivity contribution in [1.29, 1.82) is 0 Å². The van der Waals surface area contributed by atoms with E-state index >= 15 is 0 Å². The van der Waals surface area contributed by atoms with Crippen molar-refractivity contribution in [3.63, 3.8) is 0 Å². The van der Waals surface area contributed by atoms with E-state index in [1.807, 2.05) is 0 Å². The van der Waals surface area contributed by atoms with Gasteiger partial charge in [-0.15, -0.1) is 0 Å². The van der Waals surface area contributed by atoms with Gasteiger partial charge in [0.25, 0.3) is 6.71 Å². The molecule has 370 valence electrons. The van der Waals surface area contributed by atoms with Gasteiger partial charge in [0.05, 0.1) is 0 Å². The van der Waals surface area contributed by atoms with Crippen molar-refractivity contribution in [3.8, 4) is 11.1 Å². The third kappa shape index (κ3) is 6.69. The minimum absolute atomic E-state index is 0.0414. The Hall–Kier alpha value is -6.00. The second-order valence-corrected chi connectivity index (χ2v) is 27.5. The van der Waals surface area contributed by atoms with Crippen molar-refractivity contribution in [2.75, 3.05) is 9.80 Å². The minimum atomic E-state index is -0.111. The zero-order chi connectivity index (χ0) is 51.3. The van der Waals surface area contributed by atoms with E-state index in [4.69, 9.17) is 4.42 Å². The molecule has 0 unspecified atom stereocenters. The molecule has 0 saturated carbocycles. The van der Waals surface area contributed by atoms with Gasteiger partial charge in [-0.1, -0.05) is 138 Å². The van der Waals surface area contributed by atoms with E-state index in [9.17, 15) is 0 Å². The Morgan fingerprint density at radius 1 is 0.384 bits per heavy atom. The van der Waals surface area contributed by atoms with Crippen LogP contribution < -0.4 is 26.2 Å². The van der Waals surface area contributed by atoms with Gasteiger partial charge in [0.1, 0.15) is 11.2 Å². The van der Waals surface area contributed by atoms with Gasteiger partial charge in [0.2, 0.25) is 0 Å². The fourth-order valence-electron chi connectivity index (χ4n) is 14.7. The average Bonchev–Trinajstić information content (AvgIpc) is 3.71. The molecular weight excluding hydrogens is 884 g/mol. The highest BCUT2D eigenvalue weighted by Crippen LogP contribution is 2.55. The number of hydrogen-bond acceptors (Lipinski definition) is 3. The van der Waals surface area contributed by atoms with Crippen LogP contribution in [0, 0.1) is 20.8 Å². The molecule has 5 aliphatic rings. The van der Waals surface area contributed by atoms with Gasteiger partial charge in [-0.3, -0.25) is 0 Å². The Balaban J connectivity index is 1.17. The summed E-state index contributed by atoms with van der Waals surface area (Å²) in [6.07, 6.45) is 7.03. The third-order valence-corrected chi connectivity index (χ3v) is 19.7. The number of hydrogen-bond donors (Lipinski definition) is 0. The molecule has 3 nitrogen and oxygen atoms in total. The molecule has 0 bridgehead atoms. The molecule has 73 heavy (non-hydrogen) atoms. The van der Waals surface area contributed by atoms with Crippen molar-refractivity contribution >= 4 is 79.2 Å². The first-order valence-corrected chi connectivity index (χ1v) is 27.7. The first-order valence-electron chi connectivity index (χ1n) is 27.7. The van der Waals surface area contributed by atoms with Crippen LogP contribution in [0.1, 0.15) is 172 Å². The summed E-state index contributed by atoms with van der Waals surface area (Å²) in [7, 11) is 0. The molecule has 3 heterocycles. The highest BCUT2D eigenvalue weighted by atomic mass is 16.3. The summed E-state index contributed by atoms with van der Waals surface area (Å²) in [6.45, 7) is 36.4. The van der Waals surface area contributed by atoms with Crippen molar-refractivity contribution < 1.29 is 4.42 Å². The quantitative estimate of drug-likeness (QED) is 0.165. The number of rotatable bonds is 3. The summed E-state index contributed by atoms with van der Waals surface area (Å²) in [5, 5.41) is 2.43. The largest absolute Gasteiger partial charge is 0.457 e. The highest BCUT2D eigenvalue weighted by Gasteiger charge is 2.48. The van der Waals surface area contributed by atoms with Crippen LogP contribution in [-0.4, -0.2) is 6.71 Å². The Bertz CT molecular complexity index is 3670. The first kappa shape index (κ1) is 46.8. The summed E-state index contributed by atoms with van der Waals surface area (Å²) in [4.78, 5) is 5.34. The maximum Gasteiger partial charge on any atom is 0.257 e. The lowest BCUT2D eigenvalue weighted by molar-refractivity contribution is 0.332. The lowest BCUT2D eigenvalue weighted by Gasteiger charge is -2.47. The second-order valence-electron chi connectivity index (χ2n) is 27.5. The fourth-order valence-corrected chi connectivity index (χ4v) is 14.7. The van der Waals surface area contributed by atoms with Crippen LogP contribution in [0.2, 0.25) is 0 Å². The molecule has 0 N–H and O–H groups in total. The summed E-state index contributed by atoms with van der Waals surface area (Å²) in [5.74, 6) is 0. The third-order valence-electron chi connectivity index (χ3n) is 19.7. The van der Waals surface area contributed by atoms with E-state index in [2.05, 4.69) is 223 Å². The van der Waals surface area contributed by atoms with Gasteiger partial charge in [0.15, 0.2) is 0 Å². The zero-order valence-electron chi connectivity index (χ0n) is 46.5. The molecule has 8 aromatic rings. The van der Waals surface area contributed by atoms with Crippen LogP contribution in [0.15, 0.2) is 114 Å². The number of furan rings is 1. The number of fused-ring (bicyclic) bond motifs is 11. The van der Waals surface area contributed by atoms with Crippen molar-refractivity contribution in [2.24, 2.45) is 0 Å². The summed E-state index contributed by atoms with van der Waals surface area (Å²) < 4.78 is 7.60. The Labute approximate surface area is 436 Å². The number of benzene rings is 7. The van der Waals surface area contributed by atoms with Gasteiger partial charge in [-0.05, 0) is 224 Å². The van der Waals surface area contributed by atoms with Gasteiger partial charge >= 0.3 is 0 Å². The van der Waals surface area contributed by atoms with E-state index in [1.54, 1.807) is 0 Å². The van der Waals surface area contributed by atoms with E-state index in [0.717, 1.165) is 24.0 Å². The minimum Gasteiger partial charge on any atom is -0.457 e. The molecule has 4 heteroatoms. The molecule has 0 radical (unpaired) electrons. The molecule has 0 atom stereocenters. The van der Waals surface area contributed by atoms with Crippen LogP contribution in [-0.2, 0) is 32.5 Å². The van der Waals surface area contributed by atoms with E-state index in [-0.39, 0.29) is 39.2 Å². The van der Waals surface area contributed by atoms with Crippen molar-refractivity contribution in [2.45, 2.75) is 175 Å². The maximum absolute atomic E-state index is 7.60. The maximum atomic E-state index is 7.60. The number of anilines is 6. The SMILES string of the molecule is Cc1cc2c3c(c1)N(c1cc4c(cc1C)C(C)(C)CCC4(C)C)c1ccc4c(oc5cc6c(cc54)C(C)(C)CCC6(C)C)c1B3c1cc(-c3ccccc3)ccc1N2c1cc2c(cc1C)C(C)(C)CCC2(C)C. The molecular formula is C69H75BN2O. The van der Waals surface area contributed by atoms with Crippen LogP contribution in [0.3, 0.4) is 0 Å². The highest BCUT2D eigenvalue weighted by molar-refractivity contribution is 7.01. The molecule has 2 aliphatic heterocycles. The van der Waals surface area contributed by atoms with Crippen LogP contribution in [0.25, 0.3) is 33.1 Å². The lowest BCUT2D eigenvalue weighted by Crippen LogP contribution is -2.61. The first-order chi connectivity index (χ1) is 34.4. The van der Waals surface area contributed by atoms with Crippen LogP contribution in [0.4, 0.5) is 34.1 Å². The number of nitrogens with zero attached hydrogens (tertiary/aromatic N) is 2. The molecule has 0 spiro atoms. The molecule has 13 rings (SSSR count). The van der Waals surface area contributed by atoms with Gasteiger partial charge in [0, 0.05) is 44.9 Å². The topological polar surface area (TPSA) is 19.6 Å². The Morgan fingerprint density at radius 2 is 0.836 bits per heavy atom. The summed E-state index contributed by atoms with van der Waals surface area (Å²) >= 11 is 0. The van der Waals surface area contributed by atoms with E-state index in [0.29, 0.717) is 0 Å². The van der Waals surface area contributed by atoms with Crippen LogP contribution in [0.5, 0.6) is 0 Å². The fraction of sp³-hybridized carbons (Fsp3) is 0.391. The zero-order valence-corrected chi connectivity index (χ0v) is 46.5. The summed E-state index contributed by atoms with van der Waals surface area (Å²) in [6, 6.07) is 43.5. The molecule has 1 aromatic heterocycles. The normalized spacial score (nSPS) is 20.0. The molecule has 0 amide bonds. The lowest BCUT2D eigenvalue weighted by atomic mass is 9.33. The molecule has 0 saturated heterocycles. The second kappa shape index (κ2) is 15.1. The van der Waals surface area contributed by atoms with Gasteiger partial charge < -0.3 is 14.2 Å². The summed E-state index contributed by atoms with van der Waals surface area (Å²) in [5.41, 5.74) is 29.1. The smallest absolute Gasteiger partial charge is 0.257 e. The predicted octanol–water partition coefficient (Wildman–Crippen LogP) is 17.3. The van der Waals surface area contributed by atoms with Gasteiger partial charge in [-0.25, -0.2) is 0 Å². The standard InChI is InChI=1S/C69H75BN2O/c1-40-31-58-61-59(32-40)72(57-38-51-48(34-42(57)3)65(6,7)26-29-68(51,12)13)55-24-22-45-46-36-49-52(69(14,15)30-27-66(49,8)9)39-60(46)73-63(45)62(55)70(61)53-35-44(43-19-17-16-18-20-43)21-23-54(53)71(58)56-37-50-47(33-41(56)2)64(4,5)25-28-67(50,10)11/h16-24,31-39H,25-30H2,1-15H3. The average molecular weight is 959 g/mol. The molecule has 0 fully saturated rings. The number of aryl methyl sites for hydroxylation is 3. The monoisotopic (exact) mass is 959 g/mol. The van der Waals surface area contributed by atoms with E-state index < -0.39 is 0 Å². The van der Waals surface area contributed by atoms with Gasteiger partial charge in [-0.2, -0.15) is 0 Å². The van der Waals surface area contributed by atoms with Crippen molar-refractivity contribution in [1.82, 2.24) is 0 Å². The molecule has 7 aromatic carbocycles.